The van der Waals surface area contributed by atoms with Crippen LogP contribution >= 0.6 is 0 Å². The number of nitrogens with one attached hydrogen (secondary N) is 1. The fourth-order valence-electron chi connectivity index (χ4n) is 5.80. The van der Waals surface area contributed by atoms with Gasteiger partial charge in [-0.25, -0.2) is 19.7 Å². The van der Waals surface area contributed by atoms with Gasteiger partial charge in [0.1, 0.15) is 11.4 Å². The molecule has 13 heteroatoms. The van der Waals surface area contributed by atoms with Gasteiger partial charge in [-0.15, -0.1) is 0 Å². The molecular weight excluding hydrogens is 589 g/mol. The number of Topliss-reactive ketones (excluding diaryl/α,β-unsaturated/α-hetero) is 1. The molecule has 4 heterocycles. The number of carbonyl (C=O) groups excluding carboxylic acids is 2. The summed E-state index contributed by atoms with van der Waals surface area (Å²) in [5.41, 5.74) is 1.24. The van der Waals surface area contributed by atoms with E-state index in [0.717, 1.165) is 24.0 Å². The Morgan fingerprint density at radius 2 is 1.71 bits per heavy atom. The van der Waals surface area contributed by atoms with Crippen molar-refractivity contribution in [2.45, 2.75) is 70.3 Å². The van der Waals surface area contributed by atoms with Gasteiger partial charge in [-0.05, 0) is 58.2 Å². The van der Waals surface area contributed by atoms with Gasteiger partial charge in [0.25, 0.3) is 0 Å². The van der Waals surface area contributed by atoms with Crippen molar-refractivity contribution in [3.63, 3.8) is 0 Å². The largest absolute Gasteiger partial charge is 0.451 e. The second kappa shape index (κ2) is 13.7. The number of benzene rings is 1. The summed E-state index contributed by atoms with van der Waals surface area (Å²) in [6.45, 7) is 9.12. The maximum absolute atomic E-state index is 13.6. The van der Waals surface area contributed by atoms with Gasteiger partial charge >= 0.3 is 12.3 Å². The number of morpholine rings is 1. The number of pyridine rings is 1. The highest BCUT2D eigenvalue weighted by molar-refractivity contribution is 6.07. The average Bonchev–Trinajstić information content (AvgIpc) is 3.00. The number of ketones is 1. The van der Waals surface area contributed by atoms with Crippen LogP contribution in [0, 0.1) is 0 Å². The zero-order chi connectivity index (χ0) is 32.2. The van der Waals surface area contributed by atoms with E-state index in [4.69, 9.17) is 14.5 Å². The number of alkyl halides is 3. The zero-order valence-electron chi connectivity index (χ0n) is 25.8. The number of fused-ring (bicyclic) bond motifs is 1. The highest BCUT2D eigenvalue weighted by Gasteiger charge is 2.35. The summed E-state index contributed by atoms with van der Waals surface area (Å²) in [6, 6.07) is 9.00. The van der Waals surface area contributed by atoms with Crippen LogP contribution in [0.1, 0.15) is 74.2 Å². The van der Waals surface area contributed by atoms with Crippen LogP contribution in [0.2, 0.25) is 0 Å². The van der Waals surface area contributed by atoms with Gasteiger partial charge in [-0.2, -0.15) is 13.2 Å². The highest BCUT2D eigenvalue weighted by Crippen LogP contribution is 2.31. The van der Waals surface area contributed by atoms with Gasteiger partial charge < -0.3 is 19.7 Å². The summed E-state index contributed by atoms with van der Waals surface area (Å²) in [5.74, 6) is -0.458. The van der Waals surface area contributed by atoms with Crippen LogP contribution in [0.15, 0.2) is 42.7 Å². The summed E-state index contributed by atoms with van der Waals surface area (Å²) >= 11 is 0. The second-order valence-corrected chi connectivity index (χ2v) is 12.4. The minimum absolute atomic E-state index is 0.0243. The molecule has 2 saturated heterocycles. The molecule has 1 atom stereocenters. The lowest BCUT2D eigenvalue weighted by Gasteiger charge is -2.34. The van der Waals surface area contributed by atoms with E-state index in [1.54, 1.807) is 6.07 Å². The predicted molar refractivity (Wildman–Crippen MR) is 162 cm³/mol. The molecule has 45 heavy (non-hydrogen) atoms. The molecular formula is C32H39F3N6O4. The Balaban J connectivity index is 1.25. The van der Waals surface area contributed by atoms with E-state index < -0.39 is 23.7 Å². The van der Waals surface area contributed by atoms with Crippen LogP contribution in [-0.4, -0.2) is 82.8 Å². The monoisotopic (exact) mass is 628 g/mol. The fourth-order valence-corrected chi connectivity index (χ4v) is 5.80. The standard InChI is InChI=1S/C32H39F3N6O4/c1-31(2,3)45-30(43)38-22-11-13-41(14-12-22)28-10-7-23-24(5-4-6-25(23)39-28)27(42)9-8-26(40-15-17-44-18-16-40)21-19-36-29(37-20-21)32(33,34)35/h4-7,10,19-20,22,26H,8-9,11-18H2,1-3H3,(H,38,43). The maximum atomic E-state index is 13.6. The minimum Gasteiger partial charge on any atom is -0.444 e. The van der Waals surface area contributed by atoms with Crippen LogP contribution in [-0.2, 0) is 15.7 Å². The summed E-state index contributed by atoms with van der Waals surface area (Å²) in [5, 5.41) is 3.69. The molecule has 0 spiro atoms. The van der Waals surface area contributed by atoms with Crippen molar-refractivity contribution in [3.05, 3.63) is 59.7 Å². The number of carbonyl (C=O) groups is 2. The molecule has 0 bridgehead atoms. The number of amides is 1. The van der Waals surface area contributed by atoms with Crippen LogP contribution in [0.4, 0.5) is 23.8 Å². The topological polar surface area (TPSA) is 110 Å². The molecule has 0 radical (unpaired) electrons. The number of rotatable bonds is 8. The van der Waals surface area contributed by atoms with Crippen LogP contribution in [0.5, 0.6) is 0 Å². The normalized spacial score (nSPS) is 17.7. The van der Waals surface area contributed by atoms with E-state index >= 15 is 0 Å². The third-order valence-electron chi connectivity index (χ3n) is 8.00. The van der Waals surface area contributed by atoms with Crippen molar-refractivity contribution in [3.8, 4) is 0 Å². The lowest BCUT2D eigenvalue weighted by Crippen LogP contribution is -2.46. The summed E-state index contributed by atoms with van der Waals surface area (Å²) in [7, 11) is 0. The summed E-state index contributed by atoms with van der Waals surface area (Å²) in [4.78, 5) is 41.9. The molecule has 1 N–H and O–H groups in total. The molecule has 242 valence electrons. The van der Waals surface area contributed by atoms with E-state index in [2.05, 4.69) is 25.1 Å². The molecule has 2 aliphatic heterocycles. The number of alkyl carbamates (subject to hydrolysis) is 1. The van der Waals surface area contributed by atoms with Crippen molar-refractivity contribution >= 4 is 28.6 Å². The second-order valence-electron chi connectivity index (χ2n) is 12.4. The lowest BCUT2D eigenvalue weighted by atomic mass is 9.96. The predicted octanol–water partition coefficient (Wildman–Crippen LogP) is 5.57. The lowest BCUT2D eigenvalue weighted by molar-refractivity contribution is -0.145. The SMILES string of the molecule is CC(C)(C)OC(=O)NC1CCN(c2ccc3c(C(=O)CCC(c4cnc(C(F)(F)F)nc4)N4CCOCC4)cccc3n2)CC1. The number of anilines is 1. The Bertz CT molecular complexity index is 1480. The molecule has 0 saturated carbocycles. The Morgan fingerprint density at radius 3 is 2.36 bits per heavy atom. The smallest absolute Gasteiger partial charge is 0.444 e. The molecule has 2 aromatic heterocycles. The molecule has 3 aromatic rings. The maximum Gasteiger partial charge on any atom is 0.451 e. The Labute approximate surface area is 260 Å². The van der Waals surface area contributed by atoms with Crippen LogP contribution in [0.3, 0.4) is 0 Å². The van der Waals surface area contributed by atoms with Crippen molar-refractivity contribution in [2.75, 3.05) is 44.3 Å². The number of hydrogen-bond acceptors (Lipinski definition) is 9. The molecule has 1 aromatic carbocycles. The summed E-state index contributed by atoms with van der Waals surface area (Å²) in [6.07, 6.45) is -0.534. The third kappa shape index (κ3) is 8.46. The van der Waals surface area contributed by atoms with E-state index in [1.807, 2.05) is 45.0 Å². The molecule has 1 unspecified atom stereocenters. The van der Waals surface area contributed by atoms with Gasteiger partial charge in [0.2, 0.25) is 5.82 Å². The van der Waals surface area contributed by atoms with Gasteiger partial charge in [-0.3, -0.25) is 9.69 Å². The first-order chi connectivity index (χ1) is 21.4. The first kappa shape index (κ1) is 32.6. The average molecular weight is 629 g/mol. The van der Waals surface area contributed by atoms with E-state index in [0.29, 0.717) is 62.5 Å². The molecule has 10 nitrogen and oxygen atoms in total. The molecule has 2 fully saturated rings. The van der Waals surface area contributed by atoms with Gasteiger partial charge in [-0.1, -0.05) is 12.1 Å². The minimum atomic E-state index is -4.62. The molecule has 0 aliphatic carbocycles. The van der Waals surface area contributed by atoms with Gasteiger partial charge in [0.05, 0.1) is 18.7 Å². The van der Waals surface area contributed by atoms with Crippen LogP contribution in [0.25, 0.3) is 10.9 Å². The number of hydrogen-bond donors (Lipinski definition) is 1. The number of aromatic nitrogens is 3. The highest BCUT2D eigenvalue weighted by atomic mass is 19.4. The number of piperidine rings is 1. The molecule has 5 rings (SSSR count). The number of ether oxygens (including phenoxy) is 2. The Kier molecular flexibility index (Phi) is 9.88. The number of halogens is 3. The Hall–Kier alpha value is -3.84. The quantitative estimate of drug-likeness (QED) is 0.320. The fraction of sp³-hybridized carbons (Fsp3) is 0.531. The van der Waals surface area contributed by atoms with Crippen LogP contribution < -0.4 is 10.2 Å². The number of nitrogens with zero attached hydrogens (tertiary/aromatic N) is 5. The first-order valence-electron chi connectivity index (χ1n) is 15.3. The zero-order valence-corrected chi connectivity index (χ0v) is 25.8. The van der Waals surface area contributed by atoms with Gasteiger partial charge in [0, 0.05) is 73.6 Å². The Morgan fingerprint density at radius 1 is 1.02 bits per heavy atom. The third-order valence-corrected chi connectivity index (χ3v) is 8.00. The first-order valence-corrected chi connectivity index (χ1v) is 15.3. The van der Waals surface area contributed by atoms with Crippen molar-refractivity contribution in [1.29, 1.82) is 0 Å². The molecule has 1 amide bonds. The summed E-state index contributed by atoms with van der Waals surface area (Å²) < 4.78 is 50.0. The van der Waals surface area contributed by atoms with Crippen molar-refractivity contribution < 1.29 is 32.2 Å². The van der Waals surface area contributed by atoms with E-state index in [9.17, 15) is 22.8 Å². The van der Waals surface area contributed by atoms with Crippen molar-refractivity contribution in [2.24, 2.45) is 0 Å². The van der Waals surface area contributed by atoms with E-state index in [-0.39, 0.29) is 24.3 Å². The van der Waals surface area contributed by atoms with Gasteiger partial charge in [0.15, 0.2) is 5.78 Å². The van der Waals surface area contributed by atoms with Crippen molar-refractivity contribution in [1.82, 2.24) is 25.2 Å². The van der Waals surface area contributed by atoms with E-state index in [1.165, 1.54) is 12.4 Å². The molecule has 2 aliphatic rings.